The van der Waals surface area contributed by atoms with E-state index in [0.29, 0.717) is 0 Å². The molecule has 0 bridgehead atoms. The molecule has 9 heteroatoms. The molecule has 0 saturated heterocycles. The van der Waals surface area contributed by atoms with E-state index < -0.39 is 21.0 Å². The van der Waals surface area contributed by atoms with Crippen LogP contribution in [0.3, 0.4) is 0 Å². The summed E-state index contributed by atoms with van der Waals surface area (Å²) in [6.45, 7) is 0. The Morgan fingerprint density at radius 1 is 1.00 bits per heavy atom. The molecule has 0 fully saturated rings. The molecule has 0 radical (unpaired) electrons. The van der Waals surface area contributed by atoms with E-state index in [-0.39, 0.29) is 0 Å². The first kappa shape index (κ1) is 6.32. The molecule has 0 aliphatic heterocycles. The van der Waals surface area contributed by atoms with Gasteiger partial charge in [0.05, 0.1) is 0 Å². The average molecular weight is 152 g/mol. The largest absolute Gasteiger partial charge is 0.693 e. The molecule has 0 aromatic carbocycles. The lowest BCUT2D eigenvalue weighted by Gasteiger charge is -1.90. The van der Waals surface area contributed by atoms with Gasteiger partial charge in [0.15, 0.2) is 14.8 Å². The minimum atomic E-state index is -4.08. The van der Waals surface area contributed by atoms with E-state index in [2.05, 4.69) is 0 Å². The second kappa shape index (κ2) is 2.66. The number of hydrogen-bond acceptors (Lipinski definition) is 6. The first-order chi connectivity index (χ1) is 4.83. The first-order valence-corrected chi connectivity index (χ1v) is 1.77. The maximum atomic E-state index is 9.64. The molecule has 0 heterocycles. The van der Waals surface area contributed by atoms with Crippen LogP contribution in [0.4, 0.5) is 0 Å². The van der Waals surface area contributed by atoms with E-state index in [0.717, 1.165) is 0 Å². The summed E-state index contributed by atoms with van der Waals surface area (Å²) in [7, 11) is 0. The summed E-state index contributed by atoms with van der Waals surface area (Å²) >= 11 is 0. The van der Waals surface area contributed by atoms with Crippen molar-refractivity contribution in [3.8, 4) is 0 Å². The van der Waals surface area contributed by atoms with E-state index in [4.69, 9.17) is 1.37 Å². The van der Waals surface area contributed by atoms with Gasteiger partial charge in [-0.25, -0.2) is 0 Å². The fourth-order valence-electron chi connectivity index (χ4n) is 0.200. The Bertz CT molecular complexity index is 188. The average Bonchev–Trinajstić information content (AvgIpc) is 1.84. The van der Waals surface area contributed by atoms with Gasteiger partial charge in [0.25, 0.3) is 0 Å². The Balaban J connectivity index is 4.99. The number of nitrogens with zero attached hydrogens (tertiary/aromatic N) is 3. The standard InChI is InChI=1S/CHN3O6/c5-2(6)1(3(7)8)4(9)10/h1H/i1D. The van der Waals surface area contributed by atoms with Gasteiger partial charge < -0.3 is 0 Å². The molecule has 0 aromatic heterocycles. The molecule has 0 N–H and O–H groups in total. The van der Waals surface area contributed by atoms with Crippen LogP contribution in [0.25, 0.3) is 0 Å². The van der Waals surface area contributed by atoms with Crippen molar-refractivity contribution in [1.29, 1.82) is 0 Å². The minimum absolute atomic E-state index is 1.90. The first-order valence-electron chi connectivity index (χ1n) is 2.27. The molecule has 0 atom stereocenters. The molecule has 0 rings (SSSR count). The smallest absolute Gasteiger partial charge is 0.253 e. The molecule has 0 spiro atoms. The number of nitro groups is 3. The van der Waals surface area contributed by atoms with Crippen molar-refractivity contribution in [2.24, 2.45) is 0 Å². The summed E-state index contributed by atoms with van der Waals surface area (Å²) < 4.78 is 6.19. The van der Waals surface area contributed by atoms with Gasteiger partial charge in [-0.05, 0) is 0 Å². The third-order valence-electron chi connectivity index (χ3n) is 0.490. The summed E-state index contributed by atoms with van der Waals surface area (Å²) in [6, 6.07) is 0. The van der Waals surface area contributed by atoms with Gasteiger partial charge >= 0.3 is 7.64 Å². The molecule has 9 nitrogen and oxygen atoms in total. The Morgan fingerprint density at radius 2 is 1.20 bits per heavy atom. The van der Waals surface area contributed by atoms with Crippen molar-refractivity contribution >= 4 is 0 Å². The Morgan fingerprint density at radius 3 is 1.20 bits per heavy atom. The van der Waals surface area contributed by atoms with Crippen LogP contribution in [0.2, 0.25) is 0 Å². The maximum Gasteiger partial charge on any atom is 0.693 e. The van der Waals surface area contributed by atoms with Gasteiger partial charge in [-0.15, -0.1) is 0 Å². The normalized spacial score (nSPS) is 11.8. The van der Waals surface area contributed by atoms with Crippen LogP contribution in [-0.4, -0.2) is 21.0 Å². The van der Waals surface area contributed by atoms with Gasteiger partial charge in [0.2, 0.25) is 0 Å². The molecule has 56 valence electrons. The number of rotatable bonds is 3. The third kappa shape index (κ3) is 1.61. The van der Waals surface area contributed by atoms with Crippen molar-refractivity contribution in [2.45, 2.75) is 6.27 Å². The SMILES string of the molecule is [2H]C([N+](=O)[O-])([N+](=O)[O-])[N+](=O)[O-]. The zero-order valence-corrected chi connectivity index (χ0v) is 4.29. The van der Waals surface area contributed by atoms with Crippen LogP contribution in [0.5, 0.6) is 0 Å². The minimum Gasteiger partial charge on any atom is -0.253 e. The highest BCUT2D eigenvalue weighted by Gasteiger charge is 2.45. The quantitative estimate of drug-likeness (QED) is 0.292. The molecule has 0 amide bonds. The molecular weight excluding hydrogens is 150 g/mol. The Kier molecular flexibility index (Phi) is 1.68. The van der Waals surface area contributed by atoms with E-state index in [1.807, 2.05) is 0 Å². The fourth-order valence-corrected chi connectivity index (χ4v) is 0.200. The summed E-state index contributed by atoms with van der Waals surface area (Å²) in [6.07, 6.45) is -4.08. The van der Waals surface area contributed by atoms with Crippen molar-refractivity contribution in [1.82, 2.24) is 0 Å². The van der Waals surface area contributed by atoms with Crippen LogP contribution in [0, 0.1) is 30.3 Å². The van der Waals surface area contributed by atoms with Crippen LogP contribution >= 0.6 is 0 Å². The van der Waals surface area contributed by atoms with Gasteiger partial charge in [0.1, 0.15) is 0 Å². The highest BCUT2D eigenvalue weighted by molar-refractivity contribution is 4.19. The lowest BCUT2D eigenvalue weighted by atomic mass is 10.9. The summed E-state index contributed by atoms with van der Waals surface area (Å²) in [4.78, 5) is 23.2. The molecule has 10 heavy (non-hydrogen) atoms. The molecular formula is CHN3O6. The molecule has 0 aliphatic carbocycles. The highest BCUT2D eigenvalue weighted by Crippen LogP contribution is 1.90. The van der Waals surface area contributed by atoms with Crippen LogP contribution < -0.4 is 0 Å². The van der Waals surface area contributed by atoms with Crippen molar-refractivity contribution in [3.05, 3.63) is 30.3 Å². The summed E-state index contributed by atoms with van der Waals surface area (Å²) in [5, 5.41) is 28.9. The summed E-state index contributed by atoms with van der Waals surface area (Å²) in [5.41, 5.74) is 0. The Hall–Kier alpha value is -1.80. The second-order valence-corrected chi connectivity index (χ2v) is 1.07. The van der Waals surface area contributed by atoms with Gasteiger partial charge in [0, 0.05) is 0 Å². The van der Waals surface area contributed by atoms with E-state index in [1.165, 1.54) is 0 Å². The van der Waals surface area contributed by atoms with Crippen LogP contribution in [-0.2, 0) is 0 Å². The molecule has 0 aromatic rings. The van der Waals surface area contributed by atoms with E-state index in [9.17, 15) is 30.3 Å². The number of hydrogen-bond donors (Lipinski definition) is 0. The molecule has 0 unspecified atom stereocenters. The second-order valence-electron chi connectivity index (χ2n) is 1.07. The maximum absolute atomic E-state index is 9.64. The predicted molar refractivity (Wildman–Crippen MR) is 24.8 cm³/mol. The monoisotopic (exact) mass is 152 g/mol. The lowest BCUT2D eigenvalue weighted by molar-refractivity contribution is -0.912. The van der Waals surface area contributed by atoms with Gasteiger partial charge in [-0.3, -0.25) is 30.3 Å². The lowest BCUT2D eigenvalue weighted by Crippen LogP contribution is -2.36. The van der Waals surface area contributed by atoms with Crippen molar-refractivity contribution in [2.75, 3.05) is 0 Å². The fraction of sp³-hybridized carbons (Fsp3) is 1.00. The van der Waals surface area contributed by atoms with Gasteiger partial charge in [-0.1, -0.05) is 0 Å². The topological polar surface area (TPSA) is 129 Å². The van der Waals surface area contributed by atoms with Gasteiger partial charge in [-0.2, -0.15) is 0 Å². The van der Waals surface area contributed by atoms with Crippen LogP contribution in [0.1, 0.15) is 1.37 Å². The molecule has 0 saturated carbocycles. The predicted octanol–water partition coefficient (Wildman–Crippen LogP) is -0.900. The van der Waals surface area contributed by atoms with E-state index >= 15 is 0 Å². The molecule has 0 aliphatic rings. The Labute approximate surface area is 54.1 Å². The highest BCUT2D eigenvalue weighted by atomic mass is 16.7. The zero-order chi connectivity index (χ0) is 9.23. The van der Waals surface area contributed by atoms with Crippen LogP contribution in [0.15, 0.2) is 0 Å². The zero-order valence-electron chi connectivity index (χ0n) is 5.29. The van der Waals surface area contributed by atoms with E-state index in [1.54, 1.807) is 0 Å². The van der Waals surface area contributed by atoms with Crippen molar-refractivity contribution < 1.29 is 16.1 Å². The summed E-state index contributed by atoms with van der Waals surface area (Å²) in [5.74, 6) is 0. The third-order valence-corrected chi connectivity index (χ3v) is 0.490. The van der Waals surface area contributed by atoms with Crippen molar-refractivity contribution in [3.63, 3.8) is 0 Å².